The molecule has 0 saturated heterocycles. The first-order chi connectivity index (χ1) is 9.58. The summed E-state index contributed by atoms with van der Waals surface area (Å²) in [6.07, 6.45) is 4.24. The van der Waals surface area contributed by atoms with Crippen molar-refractivity contribution in [3.8, 4) is 0 Å². The van der Waals surface area contributed by atoms with Gasteiger partial charge in [-0.3, -0.25) is 4.72 Å². The van der Waals surface area contributed by atoms with E-state index in [2.05, 4.69) is 9.71 Å². The van der Waals surface area contributed by atoms with Gasteiger partial charge in [-0.2, -0.15) is 0 Å². The Labute approximate surface area is 125 Å². The summed E-state index contributed by atoms with van der Waals surface area (Å²) >= 11 is 2.64. The summed E-state index contributed by atoms with van der Waals surface area (Å²) in [6, 6.07) is 3.33. The van der Waals surface area contributed by atoms with Gasteiger partial charge in [0.05, 0.1) is 5.69 Å². The molecule has 0 fully saturated rings. The van der Waals surface area contributed by atoms with Crippen molar-refractivity contribution in [3.05, 3.63) is 27.6 Å². The van der Waals surface area contributed by atoms with E-state index in [4.69, 9.17) is 5.73 Å². The maximum absolute atomic E-state index is 12.3. The predicted octanol–water partition coefficient (Wildman–Crippen LogP) is 2.34. The van der Waals surface area contributed by atoms with Crippen LogP contribution in [0.4, 0.5) is 5.13 Å². The van der Waals surface area contributed by atoms with Crippen molar-refractivity contribution >= 4 is 37.8 Å². The van der Waals surface area contributed by atoms with Crippen LogP contribution in [0.5, 0.6) is 0 Å². The fraction of sp³-hybridized carbons (Fsp3) is 0.417. The number of rotatable bonds is 4. The Balaban J connectivity index is 1.84. The van der Waals surface area contributed by atoms with Crippen molar-refractivity contribution in [1.82, 2.24) is 4.98 Å². The smallest absolute Gasteiger partial charge is 0.273 e. The second-order valence-corrected chi connectivity index (χ2v) is 8.79. The van der Waals surface area contributed by atoms with E-state index in [1.54, 1.807) is 12.1 Å². The van der Waals surface area contributed by atoms with Crippen LogP contribution in [0.25, 0.3) is 0 Å². The molecule has 1 aliphatic rings. The summed E-state index contributed by atoms with van der Waals surface area (Å²) in [5.74, 6) is 0. The number of aryl methyl sites for hydroxylation is 2. The molecule has 0 aromatic carbocycles. The van der Waals surface area contributed by atoms with E-state index in [1.165, 1.54) is 27.6 Å². The molecule has 0 amide bonds. The number of nitrogens with one attached hydrogen (secondary N) is 1. The lowest BCUT2D eigenvalue weighted by molar-refractivity contribution is 0.603. The molecule has 108 valence electrons. The lowest BCUT2D eigenvalue weighted by Gasteiger charge is -2.06. The molecule has 0 saturated carbocycles. The molecule has 0 radical (unpaired) electrons. The Morgan fingerprint density at radius 3 is 2.75 bits per heavy atom. The van der Waals surface area contributed by atoms with Gasteiger partial charge in [-0.05, 0) is 37.8 Å². The van der Waals surface area contributed by atoms with Crippen LogP contribution in [0.1, 0.15) is 28.3 Å². The molecule has 2 aromatic heterocycles. The summed E-state index contributed by atoms with van der Waals surface area (Å²) in [5.41, 5.74) is 6.56. The quantitative estimate of drug-likeness (QED) is 0.901. The zero-order valence-corrected chi connectivity index (χ0v) is 13.2. The summed E-state index contributed by atoms with van der Waals surface area (Å²) in [5, 5.41) is 0.472. The van der Waals surface area contributed by atoms with Gasteiger partial charge in [0.15, 0.2) is 5.13 Å². The molecule has 20 heavy (non-hydrogen) atoms. The fourth-order valence-corrected chi connectivity index (χ4v) is 5.69. The minimum atomic E-state index is -3.54. The topological polar surface area (TPSA) is 85.1 Å². The molecule has 1 aliphatic carbocycles. The highest BCUT2D eigenvalue weighted by atomic mass is 32.2. The minimum Gasteiger partial charge on any atom is -0.326 e. The third kappa shape index (κ3) is 2.73. The van der Waals surface area contributed by atoms with Crippen molar-refractivity contribution < 1.29 is 8.42 Å². The monoisotopic (exact) mass is 329 g/mol. The number of hydrogen-bond acceptors (Lipinski definition) is 6. The van der Waals surface area contributed by atoms with Crippen LogP contribution in [0.3, 0.4) is 0 Å². The first-order valence-electron chi connectivity index (χ1n) is 6.38. The van der Waals surface area contributed by atoms with E-state index in [0.29, 0.717) is 11.7 Å². The van der Waals surface area contributed by atoms with Crippen LogP contribution in [-0.2, 0) is 29.4 Å². The summed E-state index contributed by atoms with van der Waals surface area (Å²) in [4.78, 5) is 6.46. The Morgan fingerprint density at radius 1 is 1.25 bits per heavy atom. The van der Waals surface area contributed by atoms with Crippen LogP contribution in [0.2, 0.25) is 0 Å². The number of hydrogen-bond donors (Lipinski definition) is 2. The van der Waals surface area contributed by atoms with Gasteiger partial charge in [0.2, 0.25) is 0 Å². The van der Waals surface area contributed by atoms with E-state index < -0.39 is 10.0 Å². The van der Waals surface area contributed by atoms with E-state index in [9.17, 15) is 8.42 Å². The highest BCUT2D eigenvalue weighted by Gasteiger charge is 2.21. The molecule has 5 nitrogen and oxygen atoms in total. The maximum atomic E-state index is 12.3. The van der Waals surface area contributed by atoms with E-state index in [-0.39, 0.29) is 4.21 Å². The highest BCUT2D eigenvalue weighted by molar-refractivity contribution is 7.94. The Morgan fingerprint density at radius 2 is 2.05 bits per heavy atom. The number of anilines is 1. The fourth-order valence-electron chi connectivity index (χ4n) is 2.17. The number of nitrogens with two attached hydrogens (primary N) is 1. The molecule has 0 bridgehead atoms. The van der Waals surface area contributed by atoms with Crippen molar-refractivity contribution in [3.63, 3.8) is 0 Å². The summed E-state index contributed by atoms with van der Waals surface area (Å²) < 4.78 is 27.4. The highest BCUT2D eigenvalue weighted by Crippen LogP contribution is 2.31. The third-order valence-electron chi connectivity index (χ3n) is 3.17. The Kier molecular flexibility index (Phi) is 3.80. The second kappa shape index (κ2) is 5.44. The molecular weight excluding hydrogens is 314 g/mol. The number of thiophene rings is 1. The molecule has 3 rings (SSSR count). The van der Waals surface area contributed by atoms with E-state index >= 15 is 0 Å². The number of sulfonamides is 1. The third-order valence-corrected chi connectivity index (χ3v) is 7.31. The van der Waals surface area contributed by atoms with Gasteiger partial charge in [0, 0.05) is 16.3 Å². The van der Waals surface area contributed by atoms with Crippen molar-refractivity contribution in [2.24, 2.45) is 5.73 Å². The Hall–Kier alpha value is -0.960. The molecular formula is C12H15N3O2S3. The number of thiazole rings is 1. The minimum absolute atomic E-state index is 0.283. The van der Waals surface area contributed by atoms with Gasteiger partial charge in [0.25, 0.3) is 10.0 Å². The number of fused-ring (bicyclic) bond motifs is 1. The summed E-state index contributed by atoms with van der Waals surface area (Å²) in [7, 11) is -3.54. The molecule has 8 heteroatoms. The molecule has 0 aliphatic heterocycles. The van der Waals surface area contributed by atoms with E-state index in [1.807, 2.05) is 0 Å². The van der Waals surface area contributed by atoms with Gasteiger partial charge < -0.3 is 5.73 Å². The summed E-state index contributed by atoms with van der Waals surface area (Å²) in [6.45, 7) is 0.353. The van der Waals surface area contributed by atoms with Gasteiger partial charge in [-0.15, -0.1) is 22.7 Å². The van der Waals surface area contributed by atoms with Gasteiger partial charge >= 0.3 is 0 Å². The van der Waals surface area contributed by atoms with Crippen molar-refractivity contribution in [2.45, 2.75) is 36.4 Å². The van der Waals surface area contributed by atoms with Gasteiger partial charge in [0.1, 0.15) is 4.21 Å². The molecule has 0 atom stereocenters. The van der Waals surface area contributed by atoms with Crippen LogP contribution < -0.4 is 10.5 Å². The van der Waals surface area contributed by atoms with Crippen LogP contribution in [0, 0.1) is 0 Å². The van der Waals surface area contributed by atoms with E-state index in [0.717, 1.165) is 36.3 Å². The first kappa shape index (κ1) is 14.0. The standard InChI is InChI=1S/C12H15N3O2S3/c13-7-8-5-6-11(18-8)20(16,17)15-12-14-9-3-1-2-4-10(9)19-12/h5-6H,1-4,7,13H2,(H,14,15). The molecule has 0 spiro atoms. The van der Waals surface area contributed by atoms with Gasteiger partial charge in [-0.25, -0.2) is 13.4 Å². The SMILES string of the molecule is NCc1ccc(S(=O)(=O)Nc2nc3c(s2)CCCC3)s1. The average Bonchev–Trinajstić information content (AvgIpc) is 3.04. The molecule has 3 N–H and O–H groups in total. The zero-order valence-electron chi connectivity index (χ0n) is 10.8. The lowest BCUT2D eigenvalue weighted by atomic mass is 10.0. The second-order valence-electron chi connectivity index (χ2n) is 4.63. The molecule has 2 heterocycles. The van der Waals surface area contributed by atoms with Crippen LogP contribution >= 0.6 is 22.7 Å². The zero-order chi connectivity index (χ0) is 14.2. The van der Waals surface area contributed by atoms with Crippen LogP contribution in [0.15, 0.2) is 16.3 Å². The van der Waals surface area contributed by atoms with Crippen molar-refractivity contribution in [1.29, 1.82) is 0 Å². The predicted molar refractivity (Wildman–Crippen MR) is 81.8 cm³/mol. The largest absolute Gasteiger partial charge is 0.326 e. The van der Waals surface area contributed by atoms with Crippen molar-refractivity contribution in [2.75, 3.05) is 4.72 Å². The normalized spacial score (nSPS) is 15.1. The van der Waals surface area contributed by atoms with Gasteiger partial charge in [-0.1, -0.05) is 0 Å². The number of nitrogens with zero attached hydrogens (tertiary/aromatic N) is 1. The molecule has 0 unspecified atom stereocenters. The maximum Gasteiger partial charge on any atom is 0.273 e. The van der Waals surface area contributed by atoms with Crippen LogP contribution in [-0.4, -0.2) is 13.4 Å². The Bertz CT molecular complexity index is 695. The number of aromatic nitrogens is 1. The molecule has 2 aromatic rings. The first-order valence-corrected chi connectivity index (χ1v) is 9.50. The lowest BCUT2D eigenvalue weighted by Crippen LogP contribution is -2.11. The average molecular weight is 329 g/mol.